The summed E-state index contributed by atoms with van der Waals surface area (Å²) >= 11 is 3.36. The zero-order valence-electron chi connectivity index (χ0n) is 14.8. The summed E-state index contributed by atoms with van der Waals surface area (Å²) in [7, 11) is 0. The molecule has 2 amide bonds. The van der Waals surface area contributed by atoms with Crippen molar-refractivity contribution in [3.8, 4) is 0 Å². The first-order chi connectivity index (χ1) is 13.0. The predicted molar refractivity (Wildman–Crippen MR) is 111 cm³/mol. The standard InChI is InChI=1S/C22H19BrN2O2/c1-15-7-2-3-8-17(15)14-24-22(27)19-11-4-5-12-20(19)25-21(26)16-9-6-10-18(23)13-16/h2-13H,14H2,1H3,(H,24,27)(H,25,26). The second-order valence-electron chi connectivity index (χ2n) is 6.12. The first-order valence-corrected chi connectivity index (χ1v) is 9.32. The van der Waals surface area contributed by atoms with Gasteiger partial charge in [0.2, 0.25) is 0 Å². The van der Waals surface area contributed by atoms with Gasteiger partial charge in [-0.25, -0.2) is 0 Å². The largest absolute Gasteiger partial charge is 0.348 e. The van der Waals surface area contributed by atoms with Gasteiger partial charge >= 0.3 is 0 Å². The van der Waals surface area contributed by atoms with Crippen LogP contribution in [0.1, 0.15) is 31.8 Å². The van der Waals surface area contributed by atoms with Crippen LogP contribution >= 0.6 is 15.9 Å². The predicted octanol–water partition coefficient (Wildman–Crippen LogP) is 4.94. The number of rotatable bonds is 5. The van der Waals surface area contributed by atoms with Crippen molar-refractivity contribution in [1.82, 2.24) is 5.32 Å². The van der Waals surface area contributed by atoms with Gasteiger partial charge in [0, 0.05) is 16.6 Å². The van der Waals surface area contributed by atoms with E-state index in [1.165, 1.54) is 0 Å². The molecule has 5 heteroatoms. The van der Waals surface area contributed by atoms with E-state index in [1.807, 2.05) is 37.3 Å². The zero-order valence-corrected chi connectivity index (χ0v) is 16.4. The summed E-state index contributed by atoms with van der Waals surface area (Å²) in [5.41, 5.74) is 3.59. The van der Waals surface area contributed by atoms with Gasteiger partial charge in [-0.05, 0) is 48.4 Å². The minimum atomic E-state index is -0.268. The fourth-order valence-corrected chi connectivity index (χ4v) is 3.09. The van der Waals surface area contributed by atoms with Gasteiger partial charge in [-0.1, -0.05) is 58.4 Å². The average Bonchev–Trinajstić information content (AvgIpc) is 2.67. The Morgan fingerprint density at radius 1 is 0.889 bits per heavy atom. The maximum absolute atomic E-state index is 12.7. The van der Waals surface area contributed by atoms with Crippen molar-refractivity contribution < 1.29 is 9.59 Å². The molecule has 0 atom stereocenters. The lowest BCUT2D eigenvalue weighted by atomic mass is 10.1. The number of amides is 2. The lowest BCUT2D eigenvalue weighted by Crippen LogP contribution is -2.25. The molecular formula is C22H19BrN2O2. The third kappa shape index (κ3) is 4.83. The number of hydrogen-bond acceptors (Lipinski definition) is 2. The summed E-state index contributed by atoms with van der Waals surface area (Å²) in [5, 5.41) is 5.74. The van der Waals surface area contributed by atoms with E-state index < -0.39 is 0 Å². The van der Waals surface area contributed by atoms with E-state index in [4.69, 9.17) is 0 Å². The molecule has 3 rings (SSSR count). The number of carbonyl (C=O) groups is 2. The van der Waals surface area contributed by atoms with Crippen molar-refractivity contribution in [2.75, 3.05) is 5.32 Å². The summed E-state index contributed by atoms with van der Waals surface area (Å²) in [6.45, 7) is 2.44. The van der Waals surface area contributed by atoms with Crippen LogP contribution < -0.4 is 10.6 Å². The highest BCUT2D eigenvalue weighted by Gasteiger charge is 2.14. The first kappa shape index (κ1) is 18.9. The minimum Gasteiger partial charge on any atom is -0.348 e. The number of carbonyl (C=O) groups excluding carboxylic acids is 2. The van der Waals surface area contributed by atoms with Crippen molar-refractivity contribution in [2.45, 2.75) is 13.5 Å². The van der Waals surface area contributed by atoms with Crippen LogP contribution in [0.2, 0.25) is 0 Å². The van der Waals surface area contributed by atoms with Crippen molar-refractivity contribution in [2.24, 2.45) is 0 Å². The summed E-state index contributed by atoms with van der Waals surface area (Å²) < 4.78 is 0.819. The van der Waals surface area contributed by atoms with Crippen molar-refractivity contribution in [3.05, 3.63) is 99.5 Å². The molecular weight excluding hydrogens is 404 g/mol. The van der Waals surface area contributed by atoms with Gasteiger partial charge in [0.05, 0.1) is 11.3 Å². The third-order valence-corrected chi connectivity index (χ3v) is 4.70. The first-order valence-electron chi connectivity index (χ1n) is 8.53. The van der Waals surface area contributed by atoms with Crippen LogP contribution in [0.15, 0.2) is 77.3 Å². The number of hydrogen-bond donors (Lipinski definition) is 2. The number of anilines is 1. The Hall–Kier alpha value is -2.92. The molecule has 0 aromatic heterocycles. The van der Waals surface area contributed by atoms with E-state index in [-0.39, 0.29) is 11.8 Å². The fraction of sp³-hybridized carbons (Fsp3) is 0.0909. The Bertz CT molecular complexity index is 985. The molecule has 0 saturated heterocycles. The molecule has 3 aromatic rings. The van der Waals surface area contributed by atoms with Crippen LogP contribution in [0.4, 0.5) is 5.69 Å². The van der Waals surface area contributed by atoms with Gasteiger partial charge in [-0.3, -0.25) is 9.59 Å². The molecule has 0 bridgehead atoms. The Labute approximate surface area is 166 Å². The van der Waals surface area contributed by atoms with E-state index in [0.29, 0.717) is 23.4 Å². The van der Waals surface area contributed by atoms with Crippen molar-refractivity contribution in [3.63, 3.8) is 0 Å². The third-order valence-electron chi connectivity index (χ3n) is 4.21. The molecule has 27 heavy (non-hydrogen) atoms. The summed E-state index contributed by atoms with van der Waals surface area (Å²) in [6, 6.07) is 22.0. The van der Waals surface area contributed by atoms with E-state index in [1.54, 1.807) is 42.5 Å². The number of halogens is 1. The molecule has 0 unspecified atom stereocenters. The van der Waals surface area contributed by atoms with Gasteiger partial charge in [-0.2, -0.15) is 0 Å². The number of benzene rings is 3. The van der Waals surface area contributed by atoms with Crippen molar-refractivity contribution >= 4 is 33.4 Å². The molecule has 2 N–H and O–H groups in total. The molecule has 0 heterocycles. The quantitative estimate of drug-likeness (QED) is 0.611. The minimum absolute atomic E-state index is 0.233. The molecule has 4 nitrogen and oxygen atoms in total. The van der Waals surface area contributed by atoms with Gasteiger partial charge in [0.25, 0.3) is 11.8 Å². The molecule has 0 saturated carbocycles. The Morgan fingerprint density at radius 2 is 1.63 bits per heavy atom. The van der Waals surface area contributed by atoms with E-state index in [9.17, 15) is 9.59 Å². The lowest BCUT2D eigenvalue weighted by Gasteiger charge is -2.12. The Balaban J connectivity index is 1.74. The molecule has 136 valence electrons. The van der Waals surface area contributed by atoms with E-state index in [0.717, 1.165) is 15.6 Å². The second-order valence-corrected chi connectivity index (χ2v) is 7.03. The Morgan fingerprint density at radius 3 is 2.41 bits per heavy atom. The van der Waals surface area contributed by atoms with Crippen LogP contribution in [0, 0.1) is 6.92 Å². The number of nitrogens with one attached hydrogen (secondary N) is 2. The smallest absolute Gasteiger partial charge is 0.255 e. The molecule has 0 aliphatic carbocycles. The van der Waals surface area contributed by atoms with Crippen LogP contribution in [-0.2, 0) is 6.54 Å². The molecule has 3 aromatic carbocycles. The molecule has 0 aliphatic rings. The normalized spacial score (nSPS) is 10.3. The SMILES string of the molecule is Cc1ccccc1CNC(=O)c1ccccc1NC(=O)c1cccc(Br)c1. The fourth-order valence-electron chi connectivity index (χ4n) is 2.69. The van der Waals surface area contributed by atoms with Crippen LogP contribution in [0.5, 0.6) is 0 Å². The van der Waals surface area contributed by atoms with Gasteiger partial charge in [-0.15, -0.1) is 0 Å². The van der Waals surface area contributed by atoms with E-state index >= 15 is 0 Å². The molecule has 0 fully saturated rings. The lowest BCUT2D eigenvalue weighted by molar-refractivity contribution is 0.0951. The monoisotopic (exact) mass is 422 g/mol. The van der Waals surface area contributed by atoms with Gasteiger partial charge < -0.3 is 10.6 Å². The molecule has 0 aliphatic heterocycles. The van der Waals surface area contributed by atoms with Gasteiger partial charge in [0.15, 0.2) is 0 Å². The molecule has 0 spiro atoms. The average molecular weight is 423 g/mol. The summed E-state index contributed by atoms with van der Waals surface area (Å²) in [4.78, 5) is 25.2. The molecule has 0 radical (unpaired) electrons. The summed E-state index contributed by atoms with van der Waals surface area (Å²) in [6.07, 6.45) is 0. The summed E-state index contributed by atoms with van der Waals surface area (Å²) in [5.74, 6) is -0.501. The van der Waals surface area contributed by atoms with Crippen LogP contribution in [0.3, 0.4) is 0 Å². The topological polar surface area (TPSA) is 58.2 Å². The van der Waals surface area contributed by atoms with Crippen LogP contribution in [0.25, 0.3) is 0 Å². The maximum Gasteiger partial charge on any atom is 0.255 e. The highest BCUT2D eigenvalue weighted by Crippen LogP contribution is 2.18. The number of para-hydroxylation sites is 1. The maximum atomic E-state index is 12.7. The Kier molecular flexibility index (Phi) is 6.04. The van der Waals surface area contributed by atoms with Crippen molar-refractivity contribution in [1.29, 1.82) is 0 Å². The number of aryl methyl sites for hydroxylation is 1. The highest BCUT2D eigenvalue weighted by molar-refractivity contribution is 9.10. The van der Waals surface area contributed by atoms with Gasteiger partial charge in [0.1, 0.15) is 0 Å². The highest BCUT2D eigenvalue weighted by atomic mass is 79.9. The van der Waals surface area contributed by atoms with Crippen LogP contribution in [-0.4, -0.2) is 11.8 Å². The zero-order chi connectivity index (χ0) is 19.2. The van der Waals surface area contributed by atoms with E-state index in [2.05, 4.69) is 26.6 Å². The second kappa shape index (κ2) is 8.64.